The first kappa shape index (κ1) is 25.2. The zero-order valence-electron chi connectivity index (χ0n) is 20.1. The van der Waals surface area contributed by atoms with Crippen molar-refractivity contribution in [2.75, 3.05) is 31.3 Å². The number of benzene rings is 2. The third kappa shape index (κ3) is 4.80. The number of aliphatic hydroxyl groups is 1. The highest BCUT2D eigenvalue weighted by molar-refractivity contribution is 5.97. The van der Waals surface area contributed by atoms with Gasteiger partial charge in [0.25, 0.3) is 11.8 Å². The van der Waals surface area contributed by atoms with Crippen LogP contribution in [0.25, 0.3) is 11.0 Å². The van der Waals surface area contributed by atoms with Crippen LogP contribution in [0.1, 0.15) is 48.0 Å². The highest BCUT2D eigenvalue weighted by Gasteiger charge is 2.36. The highest BCUT2D eigenvalue weighted by atomic mass is 19.4. The smallest absolute Gasteiger partial charge is 0.394 e. The van der Waals surface area contributed by atoms with E-state index in [0.717, 1.165) is 31.4 Å². The lowest BCUT2D eigenvalue weighted by molar-refractivity contribution is -0.137. The minimum atomic E-state index is -4.59. The third-order valence-corrected chi connectivity index (χ3v) is 7.17. The fourth-order valence-corrected chi connectivity index (χ4v) is 5.28. The number of aliphatic hydroxyl groups excluding tert-OH is 1. The summed E-state index contributed by atoms with van der Waals surface area (Å²) >= 11 is 0. The average Bonchev–Trinajstić information content (AvgIpc) is 3.26. The van der Waals surface area contributed by atoms with Crippen LogP contribution in [0.15, 0.2) is 47.5 Å². The van der Waals surface area contributed by atoms with Crippen LogP contribution in [0.4, 0.5) is 18.9 Å². The maximum Gasteiger partial charge on any atom is 0.416 e. The summed E-state index contributed by atoms with van der Waals surface area (Å²) < 4.78 is 46.6. The normalized spacial score (nSPS) is 19.0. The van der Waals surface area contributed by atoms with Crippen LogP contribution in [0.2, 0.25) is 0 Å². The van der Waals surface area contributed by atoms with Gasteiger partial charge in [-0.1, -0.05) is 25.3 Å². The molecule has 2 heterocycles. The van der Waals surface area contributed by atoms with Gasteiger partial charge in [0.1, 0.15) is 6.61 Å². The van der Waals surface area contributed by atoms with Crippen molar-refractivity contribution in [1.29, 1.82) is 0 Å². The molecule has 0 spiro atoms. The van der Waals surface area contributed by atoms with Gasteiger partial charge in [-0.15, -0.1) is 0 Å². The number of H-pyrrole nitrogens is 1. The number of nitrogens with zero attached hydrogens (tertiary/aromatic N) is 3. The van der Waals surface area contributed by atoms with Crippen LogP contribution < -0.4 is 10.5 Å². The molecule has 8 nitrogen and oxygen atoms in total. The lowest BCUT2D eigenvalue weighted by atomic mass is 9.82. The molecule has 3 aromatic rings. The number of aromatic amines is 1. The number of rotatable bonds is 4. The van der Waals surface area contributed by atoms with Crippen LogP contribution >= 0.6 is 0 Å². The molecule has 1 saturated heterocycles. The summed E-state index contributed by atoms with van der Waals surface area (Å²) in [4.78, 5) is 34.4. The summed E-state index contributed by atoms with van der Waals surface area (Å²) in [6.45, 7) is 0.613. The number of fused-ring (bicyclic) bond motifs is 1. The van der Waals surface area contributed by atoms with Crippen LogP contribution in [0.3, 0.4) is 0 Å². The van der Waals surface area contributed by atoms with Gasteiger partial charge in [0.15, 0.2) is 0 Å². The van der Waals surface area contributed by atoms with E-state index in [4.69, 9.17) is 4.74 Å². The maximum atomic E-state index is 13.2. The summed E-state index contributed by atoms with van der Waals surface area (Å²) in [5.41, 5.74) is 0.199. The molecular formula is C26H27F3N4O4. The standard InChI is InChI=1S/C26H27F3N4O4/c27-26(28,29)18-6-4-5-17(13-18)23(36)31-24-30-20-14-19(32-11-12-37-15-22(32)35)7-8-21(20)33(24)25(16-34)9-2-1-3-10-25/h4-8,13-14,34H,1-3,9-12,15-16H2,(H,30,31,36). The summed E-state index contributed by atoms with van der Waals surface area (Å²) in [5.74, 6) is -1.01. The van der Waals surface area contributed by atoms with Crippen molar-refractivity contribution < 1.29 is 32.6 Å². The number of hydrogen-bond donors (Lipinski definition) is 2. The molecule has 2 aliphatic rings. The number of ether oxygens (including phenoxy) is 1. The number of morpholine rings is 1. The number of nitrogens with one attached hydrogen (secondary N) is 1. The minimum Gasteiger partial charge on any atom is -0.394 e. The summed E-state index contributed by atoms with van der Waals surface area (Å²) in [6, 6.07) is 9.52. The van der Waals surface area contributed by atoms with Crippen molar-refractivity contribution in [2.45, 2.75) is 43.8 Å². The first-order valence-electron chi connectivity index (χ1n) is 12.2. The van der Waals surface area contributed by atoms with E-state index in [1.807, 2.05) is 6.07 Å². The molecule has 37 heavy (non-hydrogen) atoms. The number of imidazole rings is 1. The van der Waals surface area contributed by atoms with Gasteiger partial charge in [0.05, 0.1) is 35.3 Å². The topological polar surface area (TPSA) is 99.9 Å². The van der Waals surface area contributed by atoms with Gasteiger partial charge >= 0.3 is 6.18 Å². The van der Waals surface area contributed by atoms with Crippen LogP contribution in [-0.4, -0.2) is 52.8 Å². The molecule has 1 saturated carbocycles. The Kier molecular flexibility index (Phi) is 6.67. The lowest BCUT2D eigenvalue weighted by Gasteiger charge is -2.37. The molecule has 2 fully saturated rings. The van der Waals surface area contributed by atoms with E-state index in [9.17, 15) is 27.9 Å². The summed E-state index contributed by atoms with van der Waals surface area (Å²) in [6.07, 6.45) is -0.503. The van der Waals surface area contributed by atoms with E-state index >= 15 is 0 Å². The Morgan fingerprint density at radius 3 is 2.62 bits per heavy atom. The van der Waals surface area contributed by atoms with Gasteiger partial charge in [-0.25, -0.2) is 0 Å². The molecular weight excluding hydrogens is 489 g/mol. The fourth-order valence-electron chi connectivity index (χ4n) is 5.28. The largest absolute Gasteiger partial charge is 0.416 e. The Bertz CT molecular complexity index is 1400. The Morgan fingerprint density at radius 1 is 1.14 bits per heavy atom. The number of anilines is 1. The molecule has 1 aromatic heterocycles. The Hall–Kier alpha value is -3.44. The Labute approximate surface area is 210 Å². The summed E-state index contributed by atoms with van der Waals surface area (Å²) in [5, 5.41) is 10.5. The third-order valence-electron chi connectivity index (χ3n) is 7.17. The molecule has 11 heteroatoms. The van der Waals surface area contributed by atoms with Crippen molar-refractivity contribution in [3.05, 3.63) is 59.2 Å². The predicted molar refractivity (Wildman–Crippen MR) is 129 cm³/mol. The molecule has 2 aromatic carbocycles. The lowest BCUT2D eigenvalue weighted by Crippen LogP contribution is -2.45. The monoisotopic (exact) mass is 516 g/mol. The molecule has 196 valence electrons. The number of hydrogen-bond acceptors (Lipinski definition) is 4. The molecule has 5 rings (SSSR count). The first-order chi connectivity index (χ1) is 17.7. The van der Waals surface area contributed by atoms with E-state index in [0.29, 0.717) is 42.7 Å². The van der Waals surface area contributed by atoms with Crippen molar-refractivity contribution >= 4 is 28.5 Å². The predicted octanol–water partition coefficient (Wildman–Crippen LogP) is 3.74. The maximum absolute atomic E-state index is 13.2. The fraction of sp³-hybridized carbons (Fsp3) is 0.423. The number of amides is 2. The van der Waals surface area contributed by atoms with E-state index in [2.05, 4.69) is 9.98 Å². The number of carbonyl (C=O) groups excluding carboxylic acids is 2. The Morgan fingerprint density at radius 2 is 1.92 bits per heavy atom. The quantitative estimate of drug-likeness (QED) is 0.552. The van der Waals surface area contributed by atoms with Crippen molar-refractivity contribution in [2.24, 2.45) is 4.99 Å². The molecule has 0 atom stereocenters. The summed E-state index contributed by atoms with van der Waals surface area (Å²) in [7, 11) is 0. The van der Waals surface area contributed by atoms with E-state index in [1.165, 1.54) is 12.1 Å². The number of carbonyl (C=O) groups is 2. The van der Waals surface area contributed by atoms with Crippen LogP contribution in [0, 0.1) is 0 Å². The number of aromatic nitrogens is 2. The second-order valence-corrected chi connectivity index (χ2v) is 9.52. The van der Waals surface area contributed by atoms with E-state index < -0.39 is 23.2 Å². The van der Waals surface area contributed by atoms with Gasteiger partial charge in [-0.3, -0.25) is 9.59 Å². The SMILES string of the molecule is O=C(/N=c1\[nH]c2cc(N3CCOCC3=O)ccc2n1C1(CO)CCCCC1)c1cccc(C(F)(F)F)c1. The second kappa shape index (κ2) is 9.79. The number of halogens is 3. The van der Waals surface area contributed by atoms with Gasteiger partial charge in [0, 0.05) is 17.8 Å². The zero-order valence-corrected chi connectivity index (χ0v) is 20.1. The van der Waals surface area contributed by atoms with Crippen LogP contribution in [0.5, 0.6) is 0 Å². The van der Waals surface area contributed by atoms with Crippen LogP contribution in [-0.2, 0) is 21.2 Å². The molecule has 0 radical (unpaired) electrons. The zero-order chi connectivity index (χ0) is 26.2. The van der Waals surface area contributed by atoms with Gasteiger partial charge in [0.2, 0.25) is 5.62 Å². The van der Waals surface area contributed by atoms with E-state index in [1.54, 1.807) is 21.6 Å². The van der Waals surface area contributed by atoms with Crippen molar-refractivity contribution in [3.8, 4) is 0 Å². The average molecular weight is 517 g/mol. The molecule has 1 aliphatic heterocycles. The minimum absolute atomic E-state index is 0.0114. The molecule has 0 unspecified atom stereocenters. The van der Waals surface area contributed by atoms with Gasteiger partial charge < -0.3 is 24.3 Å². The molecule has 2 N–H and O–H groups in total. The van der Waals surface area contributed by atoms with Crippen molar-refractivity contribution in [1.82, 2.24) is 9.55 Å². The molecule has 2 amide bonds. The second-order valence-electron chi connectivity index (χ2n) is 9.52. The molecule has 1 aliphatic carbocycles. The van der Waals surface area contributed by atoms with Crippen molar-refractivity contribution in [3.63, 3.8) is 0 Å². The first-order valence-corrected chi connectivity index (χ1v) is 12.2. The highest BCUT2D eigenvalue weighted by Crippen LogP contribution is 2.36. The van der Waals surface area contributed by atoms with Gasteiger partial charge in [-0.2, -0.15) is 18.2 Å². The molecule has 0 bridgehead atoms. The Balaban J connectivity index is 1.66. The van der Waals surface area contributed by atoms with E-state index in [-0.39, 0.29) is 30.3 Å². The number of alkyl halides is 3. The van der Waals surface area contributed by atoms with Gasteiger partial charge in [-0.05, 0) is 49.2 Å².